The number of aliphatic imine (C=N–C) groups is 1. The Morgan fingerprint density at radius 3 is 2.07 bits per heavy atom. The topological polar surface area (TPSA) is 12.4 Å². The largest absolute Gasteiger partial charge is 0.297 e. The fraction of sp³-hybridized carbons (Fsp3) is 0.923. The predicted octanol–water partition coefficient (Wildman–Crippen LogP) is 2.90. The number of hydrogen-bond acceptors (Lipinski definition) is 1. The normalized spacial score (nSPS) is 58.9. The maximum absolute atomic E-state index is 4.56. The summed E-state index contributed by atoms with van der Waals surface area (Å²) in [6.07, 6.45) is 11.5. The van der Waals surface area contributed by atoms with Gasteiger partial charge in [-0.15, -0.1) is 0 Å². The molecule has 0 aromatic heterocycles. The third-order valence-corrected chi connectivity index (χ3v) is 5.66. The summed E-state index contributed by atoms with van der Waals surface area (Å²) >= 11 is 0. The van der Waals surface area contributed by atoms with Crippen LogP contribution in [0.4, 0.5) is 0 Å². The first-order valence-corrected chi connectivity index (χ1v) is 6.38. The molecule has 0 saturated heterocycles. The van der Waals surface area contributed by atoms with Gasteiger partial charge in [0, 0.05) is 18.2 Å². The van der Waals surface area contributed by atoms with Crippen molar-refractivity contribution < 1.29 is 0 Å². The Kier molecular flexibility index (Phi) is 1.37. The summed E-state index contributed by atoms with van der Waals surface area (Å²) in [5.41, 5.74) is 0.605. The predicted molar refractivity (Wildman–Crippen MR) is 57.5 cm³/mol. The molecule has 0 radical (unpaired) electrons. The summed E-state index contributed by atoms with van der Waals surface area (Å²) in [6.45, 7) is 1.13. The van der Waals surface area contributed by atoms with Crippen molar-refractivity contribution in [3.8, 4) is 0 Å². The van der Waals surface area contributed by atoms with E-state index in [1.807, 2.05) is 0 Å². The van der Waals surface area contributed by atoms with Crippen LogP contribution in [-0.2, 0) is 0 Å². The van der Waals surface area contributed by atoms with Gasteiger partial charge in [-0.2, -0.15) is 0 Å². The van der Waals surface area contributed by atoms with Crippen LogP contribution in [0.15, 0.2) is 4.99 Å². The molecule has 5 rings (SSSR count). The third-order valence-electron chi connectivity index (χ3n) is 5.66. The van der Waals surface area contributed by atoms with Crippen molar-refractivity contribution >= 4 is 6.21 Å². The van der Waals surface area contributed by atoms with Gasteiger partial charge in [-0.25, -0.2) is 0 Å². The summed E-state index contributed by atoms with van der Waals surface area (Å²) < 4.78 is 0. The van der Waals surface area contributed by atoms with E-state index < -0.39 is 0 Å². The molecule has 1 spiro atoms. The van der Waals surface area contributed by atoms with E-state index in [-0.39, 0.29) is 0 Å². The Morgan fingerprint density at radius 2 is 1.57 bits per heavy atom. The van der Waals surface area contributed by atoms with E-state index >= 15 is 0 Å². The lowest BCUT2D eigenvalue weighted by atomic mass is 9.45. The summed E-state index contributed by atoms with van der Waals surface area (Å²) in [5.74, 6) is 4.28. The zero-order valence-electron chi connectivity index (χ0n) is 8.78. The van der Waals surface area contributed by atoms with Crippen LogP contribution in [0.3, 0.4) is 0 Å². The lowest BCUT2D eigenvalue weighted by Gasteiger charge is -2.59. The number of hydrogen-bond donors (Lipinski definition) is 0. The van der Waals surface area contributed by atoms with Gasteiger partial charge in [-0.1, -0.05) is 0 Å². The van der Waals surface area contributed by atoms with Crippen LogP contribution in [0.5, 0.6) is 0 Å². The Labute approximate surface area is 86.0 Å². The Morgan fingerprint density at radius 1 is 0.929 bits per heavy atom. The molecule has 1 nitrogen and oxygen atoms in total. The molecule has 0 aromatic carbocycles. The van der Waals surface area contributed by atoms with E-state index in [0.29, 0.717) is 5.41 Å². The van der Waals surface area contributed by atoms with Crippen LogP contribution in [0.1, 0.15) is 38.5 Å². The smallest absolute Gasteiger partial charge is 0.0394 e. The molecule has 0 amide bonds. The van der Waals surface area contributed by atoms with Gasteiger partial charge >= 0.3 is 0 Å². The van der Waals surface area contributed by atoms with Crippen LogP contribution < -0.4 is 0 Å². The van der Waals surface area contributed by atoms with Crippen molar-refractivity contribution in [2.45, 2.75) is 38.5 Å². The second kappa shape index (κ2) is 2.43. The summed E-state index contributed by atoms with van der Waals surface area (Å²) in [5, 5.41) is 0. The molecule has 0 unspecified atom stereocenters. The molecule has 0 aromatic rings. The molecule has 1 heteroatoms. The molecule has 1 aliphatic heterocycles. The van der Waals surface area contributed by atoms with E-state index in [1.54, 1.807) is 32.1 Å². The van der Waals surface area contributed by atoms with Gasteiger partial charge in [-0.3, -0.25) is 4.99 Å². The van der Waals surface area contributed by atoms with Crippen molar-refractivity contribution in [2.75, 3.05) is 6.54 Å². The van der Waals surface area contributed by atoms with Crippen LogP contribution >= 0.6 is 0 Å². The molecule has 5 aliphatic rings. The van der Waals surface area contributed by atoms with Gasteiger partial charge in [0.1, 0.15) is 0 Å². The Bertz CT molecular complexity index is 264. The van der Waals surface area contributed by atoms with Crippen molar-refractivity contribution in [1.82, 2.24) is 0 Å². The van der Waals surface area contributed by atoms with Crippen molar-refractivity contribution in [3.63, 3.8) is 0 Å². The molecule has 0 atom stereocenters. The SMILES string of the molecule is C1=NCCC12C1CC3CC(C1)CC2C3. The Hall–Kier alpha value is -0.330. The minimum atomic E-state index is 0.605. The van der Waals surface area contributed by atoms with Gasteiger partial charge < -0.3 is 0 Å². The van der Waals surface area contributed by atoms with E-state index in [2.05, 4.69) is 11.2 Å². The highest BCUT2D eigenvalue weighted by Gasteiger charge is 2.56. The van der Waals surface area contributed by atoms with Crippen molar-refractivity contribution in [1.29, 1.82) is 0 Å². The van der Waals surface area contributed by atoms with Crippen LogP contribution in [0.25, 0.3) is 0 Å². The van der Waals surface area contributed by atoms with Gasteiger partial charge in [0.05, 0.1) is 0 Å². The van der Waals surface area contributed by atoms with Gasteiger partial charge in [0.25, 0.3) is 0 Å². The molecule has 4 fully saturated rings. The molecular weight excluding hydrogens is 170 g/mol. The highest BCUT2D eigenvalue weighted by atomic mass is 14.8. The molecular formula is C13H19N. The van der Waals surface area contributed by atoms with E-state index in [1.165, 1.54) is 6.42 Å². The minimum absolute atomic E-state index is 0.605. The first-order chi connectivity index (χ1) is 6.87. The van der Waals surface area contributed by atoms with Gasteiger partial charge in [0.15, 0.2) is 0 Å². The van der Waals surface area contributed by atoms with Crippen LogP contribution in [0, 0.1) is 29.1 Å². The van der Waals surface area contributed by atoms with Gasteiger partial charge in [-0.05, 0) is 62.2 Å². The fourth-order valence-electron chi connectivity index (χ4n) is 5.24. The summed E-state index contributed by atoms with van der Waals surface area (Å²) in [7, 11) is 0. The average Bonchev–Trinajstić information content (AvgIpc) is 2.63. The Balaban J connectivity index is 1.77. The highest BCUT2D eigenvalue weighted by Crippen LogP contribution is 2.63. The molecule has 4 bridgehead atoms. The van der Waals surface area contributed by atoms with Crippen molar-refractivity contribution in [3.05, 3.63) is 0 Å². The van der Waals surface area contributed by atoms with Crippen LogP contribution in [-0.4, -0.2) is 12.8 Å². The maximum atomic E-state index is 4.56. The zero-order valence-corrected chi connectivity index (χ0v) is 8.78. The fourth-order valence-corrected chi connectivity index (χ4v) is 5.24. The molecule has 76 valence electrons. The zero-order chi connectivity index (χ0) is 9.17. The van der Waals surface area contributed by atoms with Gasteiger partial charge in [0.2, 0.25) is 0 Å². The lowest BCUT2D eigenvalue weighted by Crippen LogP contribution is -2.52. The molecule has 4 aliphatic carbocycles. The highest BCUT2D eigenvalue weighted by molar-refractivity contribution is 5.69. The van der Waals surface area contributed by atoms with E-state index in [9.17, 15) is 0 Å². The van der Waals surface area contributed by atoms with Crippen molar-refractivity contribution in [2.24, 2.45) is 34.1 Å². The lowest BCUT2D eigenvalue weighted by molar-refractivity contribution is -0.0655. The number of nitrogens with zero attached hydrogens (tertiary/aromatic N) is 1. The second-order valence-electron chi connectivity index (χ2n) is 6.20. The second-order valence-corrected chi connectivity index (χ2v) is 6.20. The first kappa shape index (κ1) is 7.90. The monoisotopic (exact) mass is 189 g/mol. The summed E-state index contributed by atoms with van der Waals surface area (Å²) in [6, 6.07) is 0. The molecule has 14 heavy (non-hydrogen) atoms. The van der Waals surface area contributed by atoms with E-state index in [4.69, 9.17) is 0 Å². The average molecular weight is 189 g/mol. The maximum Gasteiger partial charge on any atom is 0.0394 e. The third kappa shape index (κ3) is 0.803. The van der Waals surface area contributed by atoms with E-state index in [0.717, 1.165) is 30.2 Å². The summed E-state index contributed by atoms with van der Waals surface area (Å²) in [4.78, 5) is 4.56. The first-order valence-electron chi connectivity index (χ1n) is 6.38. The molecule has 1 heterocycles. The molecule has 4 saturated carbocycles. The standard InChI is InChI=1S/C13H19N/c1-2-14-8-13(1)11-4-9-3-10(6-11)7-12(13)5-9/h8-12H,1-7H2. The minimum Gasteiger partial charge on any atom is -0.297 e. The molecule has 0 N–H and O–H groups in total. The van der Waals surface area contributed by atoms with Crippen LogP contribution in [0.2, 0.25) is 0 Å². The quantitative estimate of drug-likeness (QED) is 0.555. The number of rotatable bonds is 0.